The number of Topliss-reactive ketones (excluding diaryl/α,β-unsaturated/α-hetero) is 2. The number of aliphatic hydroxyl groups is 2. The highest BCUT2D eigenvalue weighted by Crippen LogP contribution is 2.41. The lowest BCUT2D eigenvalue weighted by Crippen LogP contribution is -2.31. The summed E-state index contributed by atoms with van der Waals surface area (Å²) >= 11 is 0. The van der Waals surface area contributed by atoms with Crippen LogP contribution in [0.1, 0.15) is 35.8 Å². The Labute approximate surface area is 244 Å². The highest BCUT2D eigenvalue weighted by atomic mass is 19.4. The second kappa shape index (κ2) is 13.1. The summed E-state index contributed by atoms with van der Waals surface area (Å²) in [5.74, 6) is -11.6. The number of carbonyl (C=O) groups excluding carboxylic acids is 4. The van der Waals surface area contributed by atoms with Crippen LogP contribution in [0.15, 0.2) is 71.2 Å². The van der Waals surface area contributed by atoms with Gasteiger partial charge < -0.3 is 29.2 Å². The maximum absolute atomic E-state index is 13.5. The van der Waals surface area contributed by atoms with Gasteiger partial charge in [0.15, 0.2) is 11.5 Å². The monoisotopic (exact) mass is 632 g/mol. The van der Waals surface area contributed by atoms with Crippen molar-refractivity contribution in [3.8, 4) is 11.5 Å². The van der Waals surface area contributed by atoms with E-state index in [9.17, 15) is 55.7 Å². The lowest BCUT2D eigenvalue weighted by molar-refractivity contribution is -0.275. The Kier molecular flexibility index (Phi) is 9.96. The minimum atomic E-state index is -5.03. The molecule has 0 fully saturated rings. The van der Waals surface area contributed by atoms with Crippen molar-refractivity contribution in [2.24, 2.45) is 0 Å². The van der Waals surface area contributed by atoms with Crippen molar-refractivity contribution in [2.45, 2.75) is 37.4 Å². The molecule has 0 aromatic heterocycles. The molecule has 1 aliphatic rings. The van der Waals surface area contributed by atoms with Crippen LogP contribution in [0.5, 0.6) is 11.5 Å². The zero-order chi connectivity index (χ0) is 33.0. The summed E-state index contributed by atoms with van der Waals surface area (Å²) in [4.78, 5) is 51.3. The van der Waals surface area contributed by atoms with Crippen molar-refractivity contribution in [2.75, 3.05) is 14.2 Å². The lowest BCUT2D eigenvalue weighted by Gasteiger charge is -2.27. The summed E-state index contributed by atoms with van der Waals surface area (Å²) in [5.41, 5.74) is -1.74. The Hall–Kier alpha value is -5.02. The van der Waals surface area contributed by atoms with Crippen LogP contribution in [0, 0.1) is 0 Å². The van der Waals surface area contributed by atoms with Gasteiger partial charge in [-0.2, -0.15) is 0 Å². The molecule has 0 amide bonds. The van der Waals surface area contributed by atoms with E-state index in [0.717, 1.165) is 62.8 Å². The van der Waals surface area contributed by atoms with Gasteiger partial charge in [0.05, 0.1) is 38.2 Å². The summed E-state index contributed by atoms with van der Waals surface area (Å²) in [7, 11) is 1.97. The van der Waals surface area contributed by atoms with Crippen LogP contribution in [-0.4, -0.2) is 60.7 Å². The molecule has 3 rings (SSSR count). The van der Waals surface area contributed by atoms with Gasteiger partial charge in [-0.05, 0) is 35.4 Å². The SMILES string of the molecule is COC(=O)CC(C1=C(O)C(=O)C(C(CC(=O)OC)c2ccc(OC(F)(F)F)cc2)=C(O)C1=O)c1ccc(OC(F)(F)F)cc1. The van der Waals surface area contributed by atoms with Gasteiger partial charge in [0.2, 0.25) is 11.6 Å². The maximum atomic E-state index is 13.5. The zero-order valence-corrected chi connectivity index (χ0v) is 22.6. The third kappa shape index (κ3) is 8.08. The third-order valence-corrected chi connectivity index (χ3v) is 6.36. The second-order valence-electron chi connectivity index (χ2n) is 9.08. The van der Waals surface area contributed by atoms with Crippen LogP contribution < -0.4 is 9.47 Å². The molecule has 10 nitrogen and oxygen atoms in total. The summed E-state index contributed by atoms with van der Waals surface area (Å²) in [6.45, 7) is 0. The minimum absolute atomic E-state index is 0.0600. The van der Waals surface area contributed by atoms with Gasteiger partial charge in [-0.1, -0.05) is 24.3 Å². The minimum Gasteiger partial charge on any atom is -0.504 e. The Bertz CT molecular complexity index is 1380. The van der Waals surface area contributed by atoms with Gasteiger partial charge in [-0.25, -0.2) is 0 Å². The van der Waals surface area contributed by atoms with Crippen molar-refractivity contribution in [3.05, 3.63) is 82.3 Å². The predicted molar refractivity (Wildman–Crippen MR) is 134 cm³/mol. The van der Waals surface area contributed by atoms with E-state index in [1.54, 1.807) is 0 Å². The van der Waals surface area contributed by atoms with Crippen LogP contribution in [0.4, 0.5) is 26.3 Å². The summed E-state index contributed by atoms with van der Waals surface area (Å²) in [6.07, 6.45) is -11.5. The van der Waals surface area contributed by atoms with E-state index in [1.807, 2.05) is 0 Å². The molecule has 1 aliphatic carbocycles. The van der Waals surface area contributed by atoms with E-state index in [-0.39, 0.29) is 11.1 Å². The maximum Gasteiger partial charge on any atom is 0.573 e. The molecule has 44 heavy (non-hydrogen) atoms. The molecule has 236 valence electrons. The molecule has 0 saturated carbocycles. The quantitative estimate of drug-likeness (QED) is 0.202. The average molecular weight is 632 g/mol. The molecule has 0 aliphatic heterocycles. The first-order valence-corrected chi connectivity index (χ1v) is 12.3. The van der Waals surface area contributed by atoms with E-state index >= 15 is 0 Å². The number of benzene rings is 2. The highest BCUT2D eigenvalue weighted by molar-refractivity contribution is 6.24. The number of hydrogen-bond donors (Lipinski definition) is 2. The Balaban J connectivity index is 2.09. The van der Waals surface area contributed by atoms with E-state index in [1.165, 1.54) is 0 Å². The van der Waals surface area contributed by atoms with E-state index in [0.29, 0.717) is 0 Å². The number of allylic oxidation sites excluding steroid dienone is 2. The zero-order valence-electron chi connectivity index (χ0n) is 22.6. The largest absolute Gasteiger partial charge is 0.573 e. The molecular weight excluding hydrogens is 610 g/mol. The molecule has 0 radical (unpaired) electrons. The van der Waals surface area contributed by atoms with E-state index in [4.69, 9.17) is 0 Å². The predicted octanol–water partition coefficient (Wildman–Crippen LogP) is 5.25. The number of esters is 2. The van der Waals surface area contributed by atoms with E-state index in [2.05, 4.69) is 18.9 Å². The highest BCUT2D eigenvalue weighted by Gasteiger charge is 2.43. The first kappa shape index (κ1) is 33.5. The molecule has 16 heteroatoms. The van der Waals surface area contributed by atoms with Crippen molar-refractivity contribution in [3.63, 3.8) is 0 Å². The first-order chi connectivity index (χ1) is 20.5. The number of halogens is 6. The van der Waals surface area contributed by atoms with Crippen LogP contribution in [0.25, 0.3) is 0 Å². The molecule has 0 bridgehead atoms. The summed E-state index contributed by atoms with van der Waals surface area (Å²) in [6, 6.07) is 7.47. The molecule has 0 saturated heterocycles. The van der Waals surface area contributed by atoms with Crippen molar-refractivity contribution >= 4 is 23.5 Å². The Morgan fingerprint density at radius 1 is 0.636 bits per heavy atom. The number of methoxy groups -OCH3 is 2. The van der Waals surface area contributed by atoms with Crippen LogP contribution in [-0.2, 0) is 28.7 Å². The van der Waals surface area contributed by atoms with Gasteiger partial charge in [-0.3, -0.25) is 19.2 Å². The van der Waals surface area contributed by atoms with Crippen molar-refractivity contribution < 1.29 is 74.7 Å². The second-order valence-corrected chi connectivity index (χ2v) is 9.08. The van der Waals surface area contributed by atoms with Gasteiger partial charge >= 0.3 is 24.7 Å². The average Bonchev–Trinajstić information content (AvgIpc) is 2.94. The topological polar surface area (TPSA) is 146 Å². The lowest BCUT2D eigenvalue weighted by atomic mass is 9.76. The van der Waals surface area contributed by atoms with E-state index < -0.39 is 95.1 Å². The standard InChI is InChI=1S/C28H22F6O10/c1-41-19(35)11-17(13-3-7-15(8-4-13)43-27(29,30)31)21-23(37)25(39)22(26(40)24(21)38)18(12-20(36)42-2)14-5-9-16(10-6-14)44-28(32,33)34/h3-10,17-18,37,40H,11-12H2,1-2H3. The van der Waals surface area contributed by atoms with Gasteiger partial charge in [0, 0.05) is 11.8 Å². The number of ketones is 2. The fourth-order valence-electron chi connectivity index (χ4n) is 4.44. The summed E-state index contributed by atoms with van der Waals surface area (Å²) in [5, 5.41) is 21.9. The smallest absolute Gasteiger partial charge is 0.504 e. The van der Waals surface area contributed by atoms with Gasteiger partial charge in [0.25, 0.3) is 0 Å². The number of hydrogen-bond acceptors (Lipinski definition) is 10. The fraction of sp³-hybridized carbons (Fsp3) is 0.286. The molecule has 2 unspecified atom stereocenters. The number of rotatable bonds is 10. The molecule has 2 N–H and O–H groups in total. The Morgan fingerprint density at radius 3 is 1.18 bits per heavy atom. The fourth-order valence-corrected chi connectivity index (χ4v) is 4.44. The molecule has 0 spiro atoms. The Morgan fingerprint density at radius 2 is 0.932 bits per heavy atom. The molecular formula is C28H22F6O10. The van der Waals surface area contributed by atoms with Crippen molar-refractivity contribution in [1.82, 2.24) is 0 Å². The number of ether oxygens (including phenoxy) is 4. The number of aliphatic hydroxyl groups excluding tert-OH is 2. The van der Waals surface area contributed by atoms with Gasteiger partial charge in [0.1, 0.15) is 11.5 Å². The van der Waals surface area contributed by atoms with Crippen LogP contribution in [0.3, 0.4) is 0 Å². The molecule has 0 heterocycles. The van der Waals surface area contributed by atoms with Gasteiger partial charge in [-0.15, -0.1) is 26.3 Å². The molecule has 2 atom stereocenters. The molecule has 2 aromatic rings. The van der Waals surface area contributed by atoms with Crippen LogP contribution in [0.2, 0.25) is 0 Å². The molecule has 2 aromatic carbocycles. The van der Waals surface area contributed by atoms with Crippen molar-refractivity contribution in [1.29, 1.82) is 0 Å². The number of alkyl halides is 6. The van der Waals surface area contributed by atoms with Crippen LogP contribution >= 0.6 is 0 Å². The first-order valence-electron chi connectivity index (χ1n) is 12.3. The number of carbonyl (C=O) groups is 4. The summed E-state index contributed by atoms with van der Waals surface area (Å²) < 4.78 is 92.3. The normalized spacial score (nSPS) is 15.5. The third-order valence-electron chi connectivity index (χ3n) is 6.36.